The largest absolute Gasteiger partial charge is 0.400 e. The Morgan fingerprint density at radius 3 is 2.60 bits per heavy atom. The number of aliphatic hydroxyl groups is 1. The van der Waals surface area contributed by atoms with E-state index in [2.05, 4.69) is 69.1 Å². The fraction of sp³-hybridized carbons (Fsp3) is 0.500. The molecule has 4 rings (SSSR count). The Hall–Kier alpha value is -2.19. The number of nitrogens with zero attached hydrogens (tertiary/aromatic N) is 5. The van der Waals surface area contributed by atoms with Crippen molar-refractivity contribution in [3.63, 3.8) is 0 Å². The molecule has 0 aromatic carbocycles. The molecule has 164 valence electrons. The third kappa shape index (κ3) is 5.29. The van der Waals surface area contributed by atoms with Crippen molar-refractivity contribution < 1.29 is 5.11 Å². The van der Waals surface area contributed by atoms with Gasteiger partial charge in [-0.1, -0.05) is 40.7 Å². The lowest BCUT2D eigenvalue weighted by Gasteiger charge is -2.23. The molecule has 30 heavy (non-hydrogen) atoms. The van der Waals surface area contributed by atoms with Crippen LogP contribution in [0.15, 0.2) is 41.3 Å². The van der Waals surface area contributed by atoms with Crippen LogP contribution < -0.4 is 10.2 Å². The molecule has 1 aliphatic rings. The van der Waals surface area contributed by atoms with Crippen molar-refractivity contribution in [1.29, 1.82) is 0 Å². The van der Waals surface area contributed by atoms with Gasteiger partial charge in [-0.05, 0) is 38.9 Å². The summed E-state index contributed by atoms with van der Waals surface area (Å²) in [7, 11) is 1.00. The number of fused-ring (bicyclic) bond motifs is 1. The van der Waals surface area contributed by atoms with Crippen molar-refractivity contribution in [1.82, 2.24) is 19.6 Å². The fourth-order valence-electron chi connectivity index (χ4n) is 3.37. The second-order valence-electron chi connectivity index (χ2n) is 7.71. The number of hydrogen-bond acceptors (Lipinski definition) is 6. The van der Waals surface area contributed by atoms with Gasteiger partial charge in [-0.15, -0.1) is 0 Å². The van der Waals surface area contributed by atoms with Crippen molar-refractivity contribution in [2.45, 2.75) is 41.2 Å². The summed E-state index contributed by atoms with van der Waals surface area (Å²) in [4.78, 5) is 11.4. The Morgan fingerprint density at radius 2 is 2.00 bits per heavy atom. The molecule has 1 atom stereocenters. The Bertz CT molecular complexity index is 928. The Balaban J connectivity index is 0.000000757. The standard InChI is InChI=1S/C19H23BrN6.C2H6.CH4O/c1-13-11-25(12-19(13,2)3)17-7-16(22-9-14-5-4-6-21-8-14)26-18(24-17)15(20)10-23-26;2*1-2/h4-8,10,13,22H,9,11-12H2,1-3H3;1-2H3;2H,1H3. The number of nitrogens with one attached hydrogen (secondary N) is 1. The third-order valence-electron chi connectivity index (χ3n) is 5.36. The van der Waals surface area contributed by atoms with E-state index >= 15 is 0 Å². The SMILES string of the molecule is CC.CC1CN(c2cc(NCc3cccnc3)n3ncc(Br)c3n2)CC1(C)C.CO. The van der Waals surface area contributed by atoms with Crippen molar-refractivity contribution in [2.24, 2.45) is 11.3 Å². The molecular weight excluding hydrogens is 444 g/mol. The molecule has 0 spiro atoms. The maximum atomic E-state index is 7.00. The van der Waals surface area contributed by atoms with Gasteiger partial charge in [-0.2, -0.15) is 9.61 Å². The number of aromatic nitrogens is 4. The van der Waals surface area contributed by atoms with E-state index < -0.39 is 0 Å². The minimum Gasteiger partial charge on any atom is -0.400 e. The summed E-state index contributed by atoms with van der Waals surface area (Å²) in [5.74, 6) is 2.54. The lowest BCUT2D eigenvalue weighted by Crippen LogP contribution is -2.24. The van der Waals surface area contributed by atoms with Crippen LogP contribution in [0.4, 0.5) is 11.6 Å². The maximum Gasteiger partial charge on any atom is 0.173 e. The summed E-state index contributed by atoms with van der Waals surface area (Å²) in [5, 5.41) is 14.9. The van der Waals surface area contributed by atoms with Crippen LogP contribution in [0.25, 0.3) is 5.65 Å². The van der Waals surface area contributed by atoms with Crippen molar-refractivity contribution in [3.05, 3.63) is 46.8 Å². The molecule has 4 heterocycles. The first-order valence-electron chi connectivity index (χ1n) is 10.3. The Labute approximate surface area is 187 Å². The van der Waals surface area contributed by atoms with Gasteiger partial charge in [-0.25, -0.2) is 4.98 Å². The molecule has 2 N–H and O–H groups in total. The zero-order valence-electron chi connectivity index (χ0n) is 18.7. The predicted molar refractivity (Wildman–Crippen MR) is 127 cm³/mol. The molecule has 1 unspecified atom stereocenters. The van der Waals surface area contributed by atoms with Crippen LogP contribution in [-0.2, 0) is 6.54 Å². The number of hydrogen-bond donors (Lipinski definition) is 2. The molecule has 1 fully saturated rings. The molecule has 0 aliphatic carbocycles. The van der Waals surface area contributed by atoms with Crippen LogP contribution in [0.1, 0.15) is 40.2 Å². The maximum absolute atomic E-state index is 7.00. The topological polar surface area (TPSA) is 78.6 Å². The van der Waals surface area contributed by atoms with Gasteiger partial charge in [0.25, 0.3) is 0 Å². The molecule has 8 heteroatoms. The lowest BCUT2D eigenvalue weighted by molar-refractivity contribution is 0.312. The lowest BCUT2D eigenvalue weighted by atomic mass is 9.84. The van der Waals surface area contributed by atoms with Crippen molar-refractivity contribution in [3.8, 4) is 0 Å². The van der Waals surface area contributed by atoms with Crippen molar-refractivity contribution >= 4 is 33.2 Å². The summed E-state index contributed by atoms with van der Waals surface area (Å²) >= 11 is 3.57. The van der Waals surface area contributed by atoms with E-state index in [9.17, 15) is 0 Å². The van der Waals surface area contributed by atoms with Gasteiger partial charge in [-0.3, -0.25) is 4.98 Å². The fourth-order valence-corrected chi connectivity index (χ4v) is 3.72. The van der Waals surface area contributed by atoms with E-state index in [4.69, 9.17) is 10.1 Å². The Morgan fingerprint density at radius 1 is 1.27 bits per heavy atom. The average molecular weight is 477 g/mol. The van der Waals surface area contributed by atoms with E-state index in [0.29, 0.717) is 12.5 Å². The second-order valence-corrected chi connectivity index (χ2v) is 8.57. The third-order valence-corrected chi connectivity index (χ3v) is 5.92. The number of rotatable bonds is 4. The summed E-state index contributed by atoms with van der Waals surface area (Å²) < 4.78 is 2.74. The zero-order valence-corrected chi connectivity index (χ0v) is 20.3. The monoisotopic (exact) mass is 476 g/mol. The zero-order chi connectivity index (χ0) is 22.3. The molecule has 1 saturated heterocycles. The van der Waals surface area contributed by atoms with Crippen LogP contribution >= 0.6 is 15.9 Å². The van der Waals surface area contributed by atoms with Crippen LogP contribution in [0, 0.1) is 11.3 Å². The Kier molecular flexibility index (Phi) is 8.61. The highest BCUT2D eigenvalue weighted by atomic mass is 79.9. The van der Waals surface area contributed by atoms with Gasteiger partial charge in [0.05, 0.1) is 10.7 Å². The van der Waals surface area contributed by atoms with Gasteiger partial charge in [0, 0.05) is 45.2 Å². The van der Waals surface area contributed by atoms with E-state index in [1.165, 1.54) is 0 Å². The number of halogens is 1. The second kappa shape index (κ2) is 10.7. The normalized spacial score (nSPS) is 17.1. The quantitative estimate of drug-likeness (QED) is 0.571. The first-order valence-corrected chi connectivity index (χ1v) is 11.1. The first-order chi connectivity index (χ1) is 14.4. The van der Waals surface area contributed by atoms with Crippen LogP contribution in [0.3, 0.4) is 0 Å². The van der Waals surface area contributed by atoms with E-state index in [1.54, 1.807) is 12.4 Å². The van der Waals surface area contributed by atoms with Gasteiger partial charge in [0.2, 0.25) is 0 Å². The molecule has 0 saturated carbocycles. The molecule has 1 aliphatic heterocycles. The van der Waals surface area contributed by atoms with Crippen molar-refractivity contribution in [2.75, 3.05) is 30.4 Å². The summed E-state index contributed by atoms with van der Waals surface area (Å²) in [6.45, 7) is 13.7. The number of aliphatic hydroxyl groups excluding tert-OH is 1. The summed E-state index contributed by atoms with van der Waals surface area (Å²) in [6, 6.07) is 6.10. The minimum atomic E-state index is 0.286. The number of anilines is 2. The smallest absolute Gasteiger partial charge is 0.173 e. The first kappa shape index (κ1) is 24.1. The summed E-state index contributed by atoms with van der Waals surface area (Å²) in [5.41, 5.74) is 2.24. The molecule has 3 aromatic heterocycles. The highest BCUT2D eigenvalue weighted by Gasteiger charge is 2.37. The van der Waals surface area contributed by atoms with Crippen LogP contribution in [0.2, 0.25) is 0 Å². The molecular formula is C22H33BrN6O. The molecule has 0 radical (unpaired) electrons. The van der Waals surface area contributed by atoms with Gasteiger partial charge in [0.1, 0.15) is 11.6 Å². The number of pyridine rings is 1. The van der Waals surface area contributed by atoms with Crippen LogP contribution in [-0.4, -0.2) is 44.9 Å². The summed E-state index contributed by atoms with van der Waals surface area (Å²) in [6.07, 6.45) is 5.45. The highest BCUT2D eigenvalue weighted by molar-refractivity contribution is 9.10. The van der Waals surface area contributed by atoms with Gasteiger partial charge < -0.3 is 15.3 Å². The van der Waals surface area contributed by atoms with E-state index in [-0.39, 0.29) is 5.41 Å². The predicted octanol–water partition coefficient (Wildman–Crippen LogP) is 4.62. The van der Waals surface area contributed by atoms with E-state index in [1.807, 2.05) is 30.6 Å². The minimum absolute atomic E-state index is 0.286. The molecule has 3 aromatic rings. The molecule has 7 nitrogen and oxygen atoms in total. The molecule has 0 amide bonds. The van der Waals surface area contributed by atoms with Gasteiger partial charge in [0.15, 0.2) is 5.65 Å². The van der Waals surface area contributed by atoms with Crippen LogP contribution in [0.5, 0.6) is 0 Å². The average Bonchev–Trinajstić information content (AvgIpc) is 3.28. The van der Waals surface area contributed by atoms with E-state index in [0.717, 1.165) is 47.5 Å². The van der Waals surface area contributed by atoms with Gasteiger partial charge >= 0.3 is 0 Å². The highest BCUT2D eigenvalue weighted by Crippen LogP contribution is 2.37. The molecule has 0 bridgehead atoms.